The van der Waals surface area contributed by atoms with Gasteiger partial charge in [0.15, 0.2) is 0 Å². The summed E-state index contributed by atoms with van der Waals surface area (Å²) in [5, 5.41) is 33.3. The van der Waals surface area contributed by atoms with E-state index in [1.54, 1.807) is 0 Å². The van der Waals surface area contributed by atoms with Crippen molar-refractivity contribution in [3.8, 4) is 0 Å². The molecule has 0 bridgehead atoms. The van der Waals surface area contributed by atoms with E-state index in [1.165, 1.54) is 7.05 Å². The van der Waals surface area contributed by atoms with E-state index < -0.39 is 27.6 Å². The smallest absolute Gasteiger partial charge is 0.567 e. The summed E-state index contributed by atoms with van der Waals surface area (Å²) in [4.78, 5) is 28.5. The van der Waals surface area contributed by atoms with Gasteiger partial charge >= 0.3 is 11.9 Å². The quantitative estimate of drug-likeness (QED) is 0.340. The van der Waals surface area contributed by atoms with Crippen LogP contribution in [-0.2, 0) is 0 Å². The summed E-state index contributed by atoms with van der Waals surface area (Å²) in [6.07, 6.45) is 0. The third kappa shape index (κ3) is 2.79. The Morgan fingerprint density at radius 2 is 1.67 bits per heavy atom. The van der Waals surface area contributed by atoms with Crippen molar-refractivity contribution < 1.29 is 19.7 Å². The maximum absolute atomic E-state index is 11.1. The molecular formula is C5H7N4O6-. The molecule has 15 heavy (non-hydrogen) atoms. The molecule has 0 aromatic heterocycles. The van der Waals surface area contributed by atoms with Crippen LogP contribution in [0.15, 0.2) is 11.7 Å². The molecule has 0 unspecified atom stereocenters. The van der Waals surface area contributed by atoms with Crippen LogP contribution in [0, 0.1) is 20.2 Å². The van der Waals surface area contributed by atoms with E-state index in [4.69, 9.17) is 0 Å². The Morgan fingerprint density at radius 3 is 1.93 bits per heavy atom. The van der Waals surface area contributed by atoms with Crippen LogP contribution in [0.3, 0.4) is 0 Å². The number of amides is 2. The van der Waals surface area contributed by atoms with Gasteiger partial charge in [0.2, 0.25) is 0 Å². The highest BCUT2D eigenvalue weighted by Crippen LogP contribution is 2.04. The minimum Gasteiger partial charge on any atom is -0.850 e. The summed E-state index contributed by atoms with van der Waals surface area (Å²) < 4.78 is 0. The molecule has 10 heteroatoms. The Kier molecular flexibility index (Phi) is 3.98. The molecule has 0 radical (unpaired) electrons. The molecule has 2 amide bonds. The van der Waals surface area contributed by atoms with Gasteiger partial charge < -0.3 is 10.4 Å². The minimum absolute atomic E-state index is 0.237. The first-order chi connectivity index (χ1) is 6.82. The lowest BCUT2D eigenvalue weighted by Crippen LogP contribution is -2.40. The van der Waals surface area contributed by atoms with Crippen molar-refractivity contribution in [2.24, 2.45) is 0 Å². The van der Waals surface area contributed by atoms with Gasteiger partial charge in [-0.15, -0.1) is 0 Å². The van der Waals surface area contributed by atoms with Crippen molar-refractivity contribution in [1.29, 1.82) is 0 Å². The first-order valence-electron chi connectivity index (χ1n) is 3.48. The number of urea groups is 1. The number of nitrogens with one attached hydrogen (secondary N) is 1. The maximum Gasteiger partial charge on any atom is 0.567 e. The van der Waals surface area contributed by atoms with Crippen molar-refractivity contribution in [2.45, 2.75) is 0 Å². The van der Waals surface area contributed by atoms with Crippen LogP contribution in [0.4, 0.5) is 4.79 Å². The van der Waals surface area contributed by atoms with Crippen LogP contribution in [0.2, 0.25) is 0 Å². The molecule has 0 atom stereocenters. The van der Waals surface area contributed by atoms with Gasteiger partial charge in [-0.2, -0.15) is 0 Å². The molecule has 10 nitrogen and oxygen atoms in total. The monoisotopic (exact) mass is 219 g/mol. The van der Waals surface area contributed by atoms with E-state index in [9.17, 15) is 30.1 Å². The standard InChI is InChI=1S/C5H8N4O6/c1-6-5(11)7(2)4(10)3(8(12)13)9(14)15/h10H,1-2H3,(H,6,11)/p-1. The van der Waals surface area contributed by atoms with Gasteiger partial charge in [-0.25, -0.2) is 4.79 Å². The summed E-state index contributed by atoms with van der Waals surface area (Å²) in [5.74, 6) is -3.37. The van der Waals surface area contributed by atoms with Crippen LogP contribution < -0.4 is 10.4 Å². The second-order valence-corrected chi connectivity index (χ2v) is 2.26. The second kappa shape index (κ2) is 4.74. The SMILES string of the molecule is CNC(=O)N(C)C([O-])=C([N+](=O)[O-])[N+](=O)[O-]. The number of hydrogen-bond donors (Lipinski definition) is 1. The highest BCUT2D eigenvalue weighted by molar-refractivity contribution is 5.74. The van der Waals surface area contributed by atoms with E-state index in [-0.39, 0.29) is 4.90 Å². The summed E-state index contributed by atoms with van der Waals surface area (Å²) in [5.41, 5.74) is 0. The highest BCUT2D eigenvalue weighted by atomic mass is 16.7. The van der Waals surface area contributed by atoms with E-state index in [0.717, 1.165) is 7.05 Å². The number of rotatable bonds is 3. The fourth-order valence-corrected chi connectivity index (χ4v) is 0.633. The topological polar surface area (TPSA) is 142 Å². The van der Waals surface area contributed by atoms with Crippen LogP contribution >= 0.6 is 0 Å². The molecule has 0 saturated carbocycles. The van der Waals surface area contributed by atoms with Gasteiger partial charge in [0.25, 0.3) is 0 Å². The molecule has 0 aliphatic heterocycles. The normalized spacial score (nSPS) is 8.93. The van der Waals surface area contributed by atoms with Crippen LogP contribution in [0.25, 0.3) is 0 Å². The van der Waals surface area contributed by atoms with Crippen LogP contribution in [-0.4, -0.2) is 34.9 Å². The van der Waals surface area contributed by atoms with Crippen molar-refractivity contribution in [1.82, 2.24) is 10.2 Å². The van der Waals surface area contributed by atoms with Gasteiger partial charge in [-0.3, -0.25) is 25.1 Å². The number of nitro groups is 2. The Balaban J connectivity index is 5.28. The highest BCUT2D eigenvalue weighted by Gasteiger charge is 2.30. The molecule has 0 fully saturated rings. The first kappa shape index (κ1) is 12.6. The molecule has 0 aromatic rings. The molecule has 0 rings (SSSR count). The van der Waals surface area contributed by atoms with Crippen LogP contribution in [0.5, 0.6) is 0 Å². The number of carbonyl (C=O) groups is 1. The average Bonchev–Trinajstić information content (AvgIpc) is 2.14. The number of hydrogen-bond acceptors (Lipinski definition) is 6. The summed E-state index contributed by atoms with van der Waals surface area (Å²) >= 11 is 0. The van der Waals surface area contributed by atoms with Gasteiger partial charge in [0, 0.05) is 14.1 Å². The molecule has 84 valence electrons. The molecule has 0 aliphatic rings. The van der Waals surface area contributed by atoms with Crippen molar-refractivity contribution >= 4 is 6.03 Å². The Labute approximate surface area is 83.1 Å². The molecule has 0 heterocycles. The van der Waals surface area contributed by atoms with Gasteiger partial charge in [-0.1, -0.05) is 0 Å². The Bertz CT molecular complexity index is 320. The zero-order chi connectivity index (χ0) is 12.2. The van der Waals surface area contributed by atoms with E-state index >= 15 is 0 Å². The van der Waals surface area contributed by atoms with Gasteiger partial charge in [-0.05, 0) is 0 Å². The Morgan fingerprint density at radius 1 is 1.27 bits per heavy atom. The fourth-order valence-electron chi connectivity index (χ4n) is 0.633. The lowest BCUT2D eigenvalue weighted by molar-refractivity contribution is -0.628. The van der Waals surface area contributed by atoms with Crippen molar-refractivity contribution in [2.75, 3.05) is 14.1 Å². The zero-order valence-corrected chi connectivity index (χ0v) is 7.79. The predicted molar refractivity (Wildman–Crippen MR) is 43.2 cm³/mol. The fraction of sp³-hybridized carbons (Fsp3) is 0.400. The molecule has 1 N–H and O–H groups in total. The van der Waals surface area contributed by atoms with Crippen molar-refractivity contribution in [3.63, 3.8) is 0 Å². The van der Waals surface area contributed by atoms with E-state index in [0.29, 0.717) is 0 Å². The second-order valence-electron chi connectivity index (χ2n) is 2.26. The Hall–Kier alpha value is -2.39. The van der Waals surface area contributed by atoms with Gasteiger partial charge in [0.1, 0.15) is 15.7 Å². The molecule has 0 spiro atoms. The van der Waals surface area contributed by atoms with Gasteiger partial charge in [0.05, 0.1) is 0 Å². The number of nitrogens with zero attached hydrogens (tertiary/aromatic N) is 3. The molecule has 0 aromatic carbocycles. The molecule has 0 saturated heterocycles. The zero-order valence-electron chi connectivity index (χ0n) is 7.79. The lowest BCUT2D eigenvalue weighted by atomic mass is 10.6. The summed E-state index contributed by atoms with van der Waals surface area (Å²) in [6, 6.07) is -0.985. The maximum atomic E-state index is 11.1. The van der Waals surface area contributed by atoms with Crippen LogP contribution in [0.1, 0.15) is 0 Å². The third-order valence-electron chi connectivity index (χ3n) is 1.36. The lowest BCUT2D eigenvalue weighted by Gasteiger charge is -2.20. The summed E-state index contributed by atoms with van der Waals surface area (Å²) in [6.45, 7) is 0. The predicted octanol–water partition coefficient (Wildman–Crippen LogP) is -1.70. The van der Waals surface area contributed by atoms with Crippen molar-refractivity contribution in [3.05, 3.63) is 31.9 Å². The largest absolute Gasteiger partial charge is 0.850 e. The minimum atomic E-state index is -1.78. The average molecular weight is 219 g/mol. The van der Waals surface area contributed by atoms with E-state index in [1.807, 2.05) is 5.32 Å². The molecular weight excluding hydrogens is 212 g/mol. The molecule has 0 aliphatic carbocycles. The van der Waals surface area contributed by atoms with E-state index in [2.05, 4.69) is 0 Å². The summed E-state index contributed by atoms with van der Waals surface area (Å²) in [7, 11) is 2.05. The number of carbonyl (C=O) groups excluding carboxylic acids is 1. The third-order valence-corrected chi connectivity index (χ3v) is 1.36. The first-order valence-corrected chi connectivity index (χ1v) is 3.48.